The number of benzene rings is 1. The first-order chi connectivity index (χ1) is 8.52. The second-order valence-electron chi connectivity index (χ2n) is 4.78. The molecule has 1 aromatic carbocycles. The highest BCUT2D eigenvalue weighted by Gasteiger charge is 2.22. The summed E-state index contributed by atoms with van der Waals surface area (Å²) < 4.78 is 23.2. The Labute approximate surface area is 109 Å². The number of sulfone groups is 1. The molecule has 1 unspecified atom stereocenters. The summed E-state index contributed by atoms with van der Waals surface area (Å²) in [7, 11) is -2.92. The maximum Gasteiger partial charge on any atom is 0.151 e. The highest BCUT2D eigenvalue weighted by atomic mass is 32.2. The van der Waals surface area contributed by atoms with E-state index in [1.807, 2.05) is 18.2 Å². The maximum atomic E-state index is 11.6. The fraction of sp³-hybridized carbons (Fsp3) is 0.538. The lowest BCUT2D eigenvalue weighted by Gasteiger charge is -2.34. The fourth-order valence-electron chi connectivity index (χ4n) is 2.33. The molecule has 0 aromatic heterocycles. The third kappa shape index (κ3) is 3.03. The number of hydrogen-bond donors (Lipinski definition) is 1. The third-order valence-electron chi connectivity index (χ3n) is 3.38. The molecule has 0 spiro atoms. The summed E-state index contributed by atoms with van der Waals surface area (Å²) in [6, 6.07) is 8.17. The van der Waals surface area contributed by atoms with E-state index in [9.17, 15) is 8.42 Å². The first-order valence-electron chi connectivity index (χ1n) is 6.30. The zero-order chi connectivity index (χ0) is 13.2. The fourth-order valence-corrected chi connectivity index (χ4v) is 3.11. The van der Waals surface area contributed by atoms with Crippen molar-refractivity contribution in [3.63, 3.8) is 0 Å². The molecular weight excluding hydrogens is 248 g/mol. The van der Waals surface area contributed by atoms with Crippen LogP contribution in [-0.4, -0.2) is 39.1 Å². The minimum Gasteiger partial charge on any atom is -0.369 e. The Bertz CT molecular complexity index is 513. The molecule has 0 fully saturated rings. The minimum absolute atomic E-state index is 0.0873. The van der Waals surface area contributed by atoms with Gasteiger partial charge in [-0.3, -0.25) is 0 Å². The van der Waals surface area contributed by atoms with Crippen LogP contribution in [-0.2, 0) is 16.3 Å². The van der Waals surface area contributed by atoms with Crippen molar-refractivity contribution in [3.05, 3.63) is 29.8 Å². The van der Waals surface area contributed by atoms with Gasteiger partial charge in [0.2, 0.25) is 0 Å². The van der Waals surface area contributed by atoms with Gasteiger partial charge in [0.15, 0.2) is 9.84 Å². The van der Waals surface area contributed by atoms with Crippen LogP contribution in [0, 0.1) is 0 Å². The van der Waals surface area contributed by atoms with E-state index in [0.717, 1.165) is 18.7 Å². The SMILES string of the molecule is CCS(=O)(=O)CCN1CC(N)Cc2ccccc21. The van der Waals surface area contributed by atoms with Gasteiger partial charge in [-0.15, -0.1) is 0 Å². The van der Waals surface area contributed by atoms with E-state index < -0.39 is 9.84 Å². The number of hydrogen-bond acceptors (Lipinski definition) is 4. The topological polar surface area (TPSA) is 63.4 Å². The molecule has 1 heterocycles. The van der Waals surface area contributed by atoms with E-state index in [0.29, 0.717) is 6.54 Å². The van der Waals surface area contributed by atoms with Crippen LogP contribution in [0.15, 0.2) is 24.3 Å². The number of fused-ring (bicyclic) bond motifs is 1. The summed E-state index contributed by atoms with van der Waals surface area (Å²) in [5.41, 5.74) is 8.36. The second kappa shape index (κ2) is 5.28. The zero-order valence-electron chi connectivity index (χ0n) is 10.7. The Hall–Kier alpha value is -1.07. The van der Waals surface area contributed by atoms with Crippen LogP contribution in [0.2, 0.25) is 0 Å². The molecule has 100 valence electrons. The van der Waals surface area contributed by atoms with Gasteiger partial charge in [0, 0.05) is 30.6 Å². The maximum absolute atomic E-state index is 11.6. The van der Waals surface area contributed by atoms with Gasteiger partial charge in [0.05, 0.1) is 5.75 Å². The molecule has 4 nitrogen and oxygen atoms in total. The molecule has 0 radical (unpaired) electrons. The number of anilines is 1. The molecular formula is C13H20N2O2S. The first-order valence-corrected chi connectivity index (χ1v) is 8.13. The van der Waals surface area contributed by atoms with Crippen LogP contribution in [0.3, 0.4) is 0 Å². The van der Waals surface area contributed by atoms with Crippen LogP contribution < -0.4 is 10.6 Å². The van der Waals surface area contributed by atoms with Gasteiger partial charge in [0.25, 0.3) is 0 Å². The number of para-hydroxylation sites is 1. The Balaban J connectivity index is 2.14. The molecule has 1 aliphatic heterocycles. The van der Waals surface area contributed by atoms with Gasteiger partial charge in [-0.2, -0.15) is 0 Å². The molecule has 1 atom stereocenters. The second-order valence-corrected chi connectivity index (χ2v) is 7.25. The molecule has 0 amide bonds. The number of nitrogens with two attached hydrogens (primary N) is 1. The van der Waals surface area contributed by atoms with Crippen molar-refractivity contribution in [2.45, 2.75) is 19.4 Å². The summed E-state index contributed by atoms with van der Waals surface area (Å²) >= 11 is 0. The van der Waals surface area contributed by atoms with Gasteiger partial charge < -0.3 is 10.6 Å². The molecule has 1 aromatic rings. The van der Waals surface area contributed by atoms with Crippen molar-refractivity contribution >= 4 is 15.5 Å². The van der Waals surface area contributed by atoms with Gasteiger partial charge in [0.1, 0.15) is 0 Å². The van der Waals surface area contributed by atoms with Crippen molar-refractivity contribution in [1.82, 2.24) is 0 Å². The van der Waals surface area contributed by atoms with E-state index in [1.165, 1.54) is 5.56 Å². The van der Waals surface area contributed by atoms with Crippen LogP contribution >= 0.6 is 0 Å². The monoisotopic (exact) mass is 268 g/mol. The molecule has 0 bridgehead atoms. The smallest absolute Gasteiger partial charge is 0.151 e. The number of rotatable bonds is 4. The van der Waals surface area contributed by atoms with Crippen molar-refractivity contribution in [3.8, 4) is 0 Å². The first kappa shape index (κ1) is 13.4. The highest BCUT2D eigenvalue weighted by Crippen LogP contribution is 2.26. The summed E-state index contributed by atoms with van der Waals surface area (Å²) in [4.78, 5) is 2.09. The summed E-state index contributed by atoms with van der Waals surface area (Å²) in [6.07, 6.45) is 0.868. The van der Waals surface area contributed by atoms with Gasteiger partial charge in [-0.05, 0) is 18.1 Å². The lowest BCUT2D eigenvalue weighted by molar-refractivity contribution is 0.585. The van der Waals surface area contributed by atoms with Gasteiger partial charge in [-0.1, -0.05) is 25.1 Å². The molecule has 5 heteroatoms. The van der Waals surface area contributed by atoms with Crippen LogP contribution in [0.1, 0.15) is 12.5 Å². The largest absolute Gasteiger partial charge is 0.369 e. The van der Waals surface area contributed by atoms with E-state index in [4.69, 9.17) is 5.73 Å². The Kier molecular flexibility index (Phi) is 3.92. The van der Waals surface area contributed by atoms with Gasteiger partial charge >= 0.3 is 0 Å². The Morgan fingerprint density at radius 2 is 2.11 bits per heavy atom. The van der Waals surface area contributed by atoms with E-state index in [2.05, 4.69) is 11.0 Å². The molecule has 2 N–H and O–H groups in total. The van der Waals surface area contributed by atoms with Crippen molar-refractivity contribution in [2.24, 2.45) is 5.73 Å². The summed E-state index contributed by atoms with van der Waals surface area (Å²) in [5.74, 6) is 0.402. The molecule has 2 rings (SSSR count). The average Bonchev–Trinajstić information content (AvgIpc) is 2.36. The zero-order valence-corrected chi connectivity index (χ0v) is 11.5. The van der Waals surface area contributed by atoms with Crippen molar-refractivity contribution < 1.29 is 8.42 Å². The third-order valence-corrected chi connectivity index (χ3v) is 5.07. The van der Waals surface area contributed by atoms with E-state index >= 15 is 0 Å². The minimum atomic E-state index is -2.92. The Morgan fingerprint density at radius 3 is 2.83 bits per heavy atom. The molecule has 18 heavy (non-hydrogen) atoms. The van der Waals surface area contributed by atoms with Crippen LogP contribution in [0.25, 0.3) is 0 Å². The van der Waals surface area contributed by atoms with Crippen molar-refractivity contribution in [1.29, 1.82) is 0 Å². The van der Waals surface area contributed by atoms with Crippen LogP contribution in [0.5, 0.6) is 0 Å². The summed E-state index contributed by atoms with van der Waals surface area (Å²) in [6.45, 7) is 2.95. The highest BCUT2D eigenvalue weighted by molar-refractivity contribution is 7.91. The quantitative estimate of drug-likeness (QED) is 0.878. The molecule has 0 saturated carbocycles. The summed E-state index contributed by atoms with van der Waals surface area (Å²) in [5, 5.41) is 0. The predicted octanol–water partition coefficient (Wildman–Crippen LogP) is 0.811. The molecule has 1 aliphatic rings. The van der Waals surface area contributed by atoms with E-state index in [1.54, 1.807) is 6.92 Å². The average molecular weight is 268 g/mol. The number of nitrogens with zero attached hydrogens (tertiary/aromatic N) is 1. The van der Waals surface area contributed by atoms with Crippen LogP contribution in [0.4, 0.5) is 5.69 Å². The molecule has 0 saturated heterocycles. The van der Waals surface area contributed by atoms with Crippen molar-refractivity contribution in [2.75, 3.05) is 29.5 Å². The Morgan fingerprint density at radius 1 is 1.39 bits per heavy atom. The van der Waals surface area contributed by atoms with E-state index in [-0.39, 0.29) is 17.5 Å². The predicted molar refractivity (Wildman–Crippen MR) is 74.7 cm³/mol. The normalized spacial score (nSPS) is 19.7. The lowest BCUT2D eigenvalue weighted by Crippen LogP contribution is -2.45. The molecule has 0 aliphatic carbocycles. The standard InChI is InChI=1S/C13H20N2O2S/c1-2-18(16,17)8-7-15-10-12(14)9-11-5-3-4-6-13(11)15/h3-6,12H,2,7-10,14H2,1H3. The lowest BCUT2D eigenvalue weighted by atomic mass is 9.99. The van der Waals surface area contributed by atoms with Gasteiger partial charge in [-0.25, -0.2) is 8.42 Å².